The van der Waals surface area contributed by atoms with E-state index in [0.717, 1.165) is 0 Å². The molecular weight excluding hydrogens is 307 g/mol. The number of halogens is 2. The van der Waals surface area contributed by atoms with Gasteiger partial charge in [-0.05, 0) is 29.8 Å². The maximum Gasteiger partial charge on any atom is 0.300 e. The number of benzene rings is 1. The highest BCUT2D eigenvalue weighted by molar-refractivity contribution is 6.33. The predicted octanol–water partition coefficient (Wildman–Crippen LogP) is 2.94. The van der Waals surface area contributed by atoms with Gasteiger partial charge in [-0.15, -0.1) is 0 Å². The van der Waals surface area contributed by atoms with Gasteiger partial charge in [0.05, 0.1) is 4.92 Å². The Morgan fingerprint density at radius 3 is 2.70 bits per heavy atom. The lowest BCUT2D eigenvalue weighted by Crippen LogP contribution is -2.15. The van der Waals surface area contributed by atoms with Crippen molar-refractivity contribution in [1.82, 2.24) is 9.97 Å². The number of nitro groups is 1. The van der Waals surface area contributed by atoms with E-state index in [1.165, 1.54) is 30.5 Å². The van der Waals surface area contributed by atoms with Crippen LogP contribution < -0.4 is 5.32 Å². The van der Waals surface area contributed by atoms with Gasteiger partial charge in [0.15, 0.2) is 0 Å². The fourth-order valence-electron chi connectivity index (χ4n) is 1.47. The van der Waals surface area contributed by atoms with Crippen molar-refractivity contribution in [3.63, 3.8) is 0 Å². The number of nitrogens with zero attached hydrogens (tertiary/aromatic N) is 3. The van der Waals surface area contributed by atoms with E-state index in [4.69, 9.17) is 23.2 Å². The van der Waals surface area contributed by atoms with Crippen molar-refractivity contribution in [2.75, 3.05) is 5.32 Å². The number of carbonyl (C=O) groups is 1. The van der Waals surface area contributed by atoms with Crippen molar-refractivity contribution in [1.29, 1.82) is 0 Å². The normalized spacial score (nSPS) is 10.1. The van der Waals surface area contributed by atoms with Crippen LogP contribution in [0.5, 0.6) is 0 Å². The number of nitro benzene ring substituents is 1. The molecule has 0 saturated carbocycles. The van der Waals surface area contributed by atoms with E-state index < -0.39 is 16.5 Å². The monoisotopic (exact) mass is 312 g/mol. The van der Waals surface area contributed by atoms with Crippen LogP contribution in [0.1, 0.15) is 10.4 Å². The van der Waals surface area contributed by atoms with Crippen molar-refractivity contribution in [3.05, 3.63) is 56.4 Å². The van der Waals surface area contributed by atoms with Crippen LogP contribution in [0.4, 0.5) is 11.5 Å². The Balaban J connectivity index is 2.35. The van der Waals surface area contributed by atoms with E-state index in [2.05, 4.69) is 15.3 Å². The van der Waals surface area contributed by atoms with Crippen LogP contribution in [0.15, 0.2) is 30.5 Å². The van der Waals surface area contributed by atoms with Crippen LogP contribution in [0, 0.1) is 10.1 Å². The molecule has 0 spiro atoms. The standard InChI is InChI=1S/C11H6Cl2N4O3/c12-7-3-1-2-6(9(7)17(19)20)10(18)15-8-4-5-14-11(13)16-8/h1-5H,(H,14,15,16,18). The second-order valence-corrected chi connectivity index (χ2v) is 4.30. The van der Waals surface area contributed by atoms with Gasteiger partial charge < -0.3 is 5.32 Å². The fraction of sp³-hybridized carbons (Fsp3) is 0. The Kier molecular flexibility index (Phi) is 4.11. The van der Waals surface area contributed by atoms with E-state index in [9.17, 15) is 14.9 Å². The summed E-state index contributed by atoms with van der Waals surface area (Å²) in [6.45, 7) is 0. The third-order valence-electron chi connectivity index (χ3n) is 2.28. The number of hydrogen-bond donors (Lipinski definition) is 1. The van der Waals surface area contributed by atoms with Crippen molar-refractivity contribution in [2.24, 2.45) is 0 Å². The van der Waals surface area contributed by atoms with E-state index in [1.54, 1.807) is 0 Å². The molecule has 1 heterocycles. The Bertz CT molecular complexity index is 693. The summed E-state index contributed by atoms with van der Waals surface area (Å²) < 4.78 is 0. The zero-order valence-corrected chi connectivity index (χ0v) is 11.2. The third kappa shape index (κ3) is 3.01. The van der Waals surface area contributed by atoms with Gasteiger partial charge in [0.1, 0.15) is 16.4 Å². The van der Waals surface area contributed by atoms with Gasteiger partial charge in [0.25, 0.3) is 5.91 Å². The molecule has 0 saturated heterocycles. The second-order valence-electron chi connectivity index (χ2n) is 3.56. The molecule has 102 valence electrons. The highest BCUT2D eigenvalue weighted by Crippen LogP contribution is 2.28. The largest absolute Gasteiger partial charge is 0.306 e. The van der Waals surface area contributed by atoms with Crippen LogP contribution in [0.25, 0.3) is 0 Å². The number of aromatic nitrogens is 2. The number of rotatable bonds is 3. The summed E-state index contributed by atoms with van der Waals surface area (Å²) in [5.74, 6) is -0.585. The molecule has 0 radical (unpaired) electrons. The molecule has 0 aliphatic rings. The summed E-state index contributed by atoms with van der Waals surface area (Å²) in [5, 5.41) is 13.2. The van der Waals surface area contributed by atoms with E-state index in [0.29, 0.717) is 0 Å². The molecule has 0 fully saturated rings. The molecule has 9 heteroatoms. The van der Waals surface area contributed by atoms with Gasteiger partial charge in [-0.25, -0.2) is 9.97 Å². The molecule has 0 aliphatic heterocycles. The van der Waals surface area contributed by atoms with Crippen molar-refractivity contribution in [2.45, 2.75) is 0 Å². The minimum atomic E-state index is -0.718. The predicted molar refractivity (Wildman–Crippen MR) is 73.1 cm³/mol. The summed E-state index contributed by atoms with van der Waals surface area (Å²) in [6.07, 6.45) is 1.34. The maximum atomic E-state index is 12.0. The van der Waals surface area contributed by atoms with Gasteiger partial charge in [-0.1, -0.05) is 17.7 Å². The van der Waals surface area contributed by atoms with Gasteiger partial charge in [0.2, 0.25) is 5.28 Å². The maximum absolute atomic E-state index is 12.0. The van der Waals surface area contributed by atoms with Crippen LogP contribution in [-0.4, -0.2) is 20.8 Å². The van der Waals surface area contributed by atoms with Crippen molar-refractivity contribution in [3.8, 4) is 0 Å². The Morgan fingerprint density at radius 2 is 2.05 bits per heavy atom. The zero-order valence-electron chi connectivity index (χ0n) is 9.71. The van der Waals surface area contributed by atoms with Gasteiger partial charge in [0, 0.05) is 6.20 Å². The molecule has 0 aliphatic carbocycles. The summed E-state index contributed by atoms with van der Waals surface area (Å²) in [4.78, 5) is 29.7. The average molecular weight is 313 g/mol. The SMILES string of the molecule is O=C(Nc1ccnc(Cl)n1)c1cccc(Cl)c1[N+](=O)[O-]. The molecule has 1 aromatic carbocycles. The molecule has 1 aromatic heterocycles. The first-order valence-electron chi connectivity index (χ1n) is 5.22. The number of amides is 1. The minimum absolute atomic E-state index is 0.0524. The molecule has 2 rings (SSSR count). The number of hydrogen-bond acceptors (Lipinski definition) is 5. The van der Waals surface area contributed by atoms with Crippen LogP contribution >= 0.6 is 23.2 Å². The summed E-state index contributed by atoms with van der Waals surface area (Å²) in [7, 11) is 0. The third-order valence-corrected chi connectivity index (χ3v) is 2.77. The van der Waals surface area contributed by atoms with Crippen LogP contribution in [0.2, 0.25) is 10.3 Å². The first-order chi connectivity index (χ1) is 9.49. The van der Waals surface area contributed by atoms with Gasteiger partial charge in [-0.3, -0.25) is 14.9 Å². The van der Waals surface area contributed by atoms with E-state index in [-0.39, 0.29) is 21.7 Å². The quantitative estimate of drug-likeness (QED) is 0.533. The van der Waals surface area contributed by atoms with Crippen molar-refractivity contribution < 1.29 is 9.72 Å². The van der Waals surface area contributed by atoms with Crippen LogP contribution in [-0.2, 0) is 0 Å². The summed E-state index contributed by atoms with van der Waals surface area (Å²) in [6, 6.07) is 5.47. The number of para-hydroxylation sites is 1. The summed E-state index contributed by atoms with van der Waals surface area (Å²) in [5.41, 5.74) is -0.635. The highest BCUT2D eigenvalue weighted by atomic mass is 35.5. The lowest BCUT2D eigenvalue weighted by Gasteiger charge is -2.05. The fourth-order valence-corrected chi connectivity index (χ4v) is 1.86. The molecule has 1 amide bonds. The number of nitrogens with one attached hydrogen (secondary N) is 1. The number of anilines is 1. The highest BCUT2D eigenvalue weighted by Gasteiger charge is 2.23. The smallest absolute Gasteiger partial charge is 0.300 e. The first-order valence-corrected chi connectivity index (χ1v) is 5.97. The molecule has 2 aromatic rings. The Morgan fingerprint density at radius 1 is 1.30 bits per heavy atom. The minimum Gasteiger partial charge on any atom is -0.306 e. The summed E-state index contributed by atoms with van der Waals surface area (Å²) >= 11 is 11.3. The molecule has 7 nitrogen and oxygen atoms in total. The molecule has 0 unspecified atom stereocenters. The lowest BCUT2D eigenvalue weighted by molar-refractivity contribution is -0.385. The first kappa shape index (κ1) is 14.2. The molecule has 0 bridgehead atoms. The lowest BCUT2D eigenvalue weighted by atomic mass is 10.1. The van der Waals surface area contributed by atoms with E-state index >= 15 is 0 Å². The van der Waals surface area contributed by atoms with Gasteiger partial charge >= 0.3 is 5.69 Å². The molecule has 0 atom stereocenters. The average Bonchev–Trinajstić information content (AvgIpc) is 2.37. The zero-order chi connectivity index (χ0) is 14.7. The molecule has 1 N–H and O–H groups in total. The topological polar surface area (TPSA) is 98.0 Å². The van der Waals surface area contributed by atoms with Gasteiger partial charge in [-0.2, -0.15) is 0 Å². The second kappa shape index (κ2) is 5.81. The van der Waals surface area contributed by atoms with Crippen molar-refractivity contribution >= 4 is 40.6 Å². The Labute approximate surface area is 122 Å². The van der Waals surface area contributed by atoms with Crippen LogP contribution in [0.3, 0.4) is 0 Å². The molecule has 20 heavy (non-hydrogen) atoms. The van der Waals surface area contributed by atoms with E-state index in [1.807, 2.05) is 0 Å². The number of carbonyl (C=O) groups excluding carboxylic acids is 1. The Hall–Kier alpha value is -2.25. The molecular formula is C11H6Cl2N4O3.